The Hall–Kier alpha value is -1.88. The molecular weight excluding hydrogens is 256 g/mol. The Labute approximate surface area is 117 Å². The molecule has 0 radical (unpaired) electrons. The summed E-state index contributed by atoms with van der Waals surface area (Å²) in [6.07, 6.45) is 2.84. The lowest BCUT2D eigenvalue weighted by atomic mass is 10.0. The fourth-order valence-electron chi connectivity index (χ4n) is 2.82. The van der Waals surface area contributed by atoms with Gasteiger partial charge in [0.1, 0.15) is 6.10 Å². The fourth-order valence-corrected chi connectivity index (χ4v) is 2.82. The maximum atomic E-state index is 12.0. The number of cyclic esters (lactones) is 1. The van der Waals surface area contributed by atoms with Crippen LogP contribution in [0.15, 0.2) is 18.2 Å². The van der Waals surface area contributed by atoms with Crippen molar-refractivity contribution in [1.82, 2.24) is 0 Å². The molecule has 2 N–H and O–H groups in total. The van der Waals surface area contributed by atoms with Crippen molar-refractivity contribution in [3.05, 3.63) is 29.3 Å². The summed E-state index contributed by atoms with van der Waals surface area (Å²) in [4.78, 5) is 25.4. The Bertz CT molecular complexity index is 556. The molecule has 0 bridgehead atoms. The number of nitrogens with two attached hydrogens (primary N) is 1. The van der Waals surface area contributed by atoms with Gasteiger partial charge in [-0.3, -0.25) is 9.69 Å². The van der Waals surface area contributed by atoms with Gasteiger partial charge in [0.05, 0.1) is 6.54 Å². The molecule has 1 heterocycles. The number of aryl methyl sites for hydroxylation is 1. The molecule has 1 aromatic carbocycles. The number of benzene rings is 1. The van der Waals surface area contributed by atoms with E-state index >= 15 is 0 Å². The monoisotopic (exact) mass is 274 g/mol. The number of fused-ring (bicyclic) bond motifs is 1. The molecule has 3 rings (SSSR count). The Morgan fingerprint density at radius 1 is 1.25 bits per heavy atom. The number of hydrogen-bond donors (Lipinski definition) is 1. The van der Waals surface area contributed by atoms with E-state index in [1.165, 1.54) is 0 Å². The van der Waals surface area contributed by atoms with Gasteiger partial charge in [0.25, 0.3) is 0 Å². The maximum Gasteiger partial charge on any atom is 0.414 e. The van der Waals surface area contributed by atoms with Crippen molar-refractivity contribution < 1.29 is 14.3 Å². The summed E-state index contributed by atoms with van der Waals surface area (Å²) in [6.45, 7) is 0.799. The first-order chi connectivity index (χ1) is 9.69. The Balaban J connectivity index is 1.91. The van der Waals surface area contributed by atoms with E-state index in [9.17, 15) is 9.59 Å². The van der Waals surface area contributed by atoms with Crippen LogP contribution in [0.3, 0.4) is 0 Å². The second-order valence-electron chi connectivity index (χ2n) is 5.32. The van der Waals surface area contributed by atoms with Crippen molar-refractivity contribution in [2.24, 2.45) is 5.73 Å². The number of carbonyl (C=O) groups is 2. The Morgan fingerprint density at radius 2 is 2.05 bits per heavy atom. The summed E-state index contributed by atoms with van der Waals surface area (Å²) in [5.41, 5.74) is 8.16. The van der Waals surface area contributed by atoms with Crippen LogP contribution in [0.4, 0.5) is 10.5 Å². The van der Waals surface area contributed by atoms with Gasteiger partial charge in [-0.05, 0) is 43.0 Å². The predicted octanol–water partition coefficient (Wildman–Crippen LogP) is 1.88. The molecule has 2 aliphatic rings. The summed E-state index contributed by atoms with van der Waals surface area (Å²) in [7, 11) is 0. The van der Waals surface area contributed by atoms with Crippen molar-refractivity contribution in [3.8, 4) is 0 Å². The van der Waals surface area contributed by atoms with Crippen LogP contribution in [0.25, 0.3) is 0 Å². The molecule has 0 aromatic heterocycles. The number of hydrogen-bond acceptors (Lipinski definition) is 4. The van der Waals surface area contributed by atoms with Crippen LogP contribution in [-0.2, 0) is 11.2 Å². The molecule has 1 aliphatic heterocycles. The molecule has 5 nitrogen and oxygen atoms in total. The number of ketones is 1. The van der Waals surface area contributed by atoms with E-state index in [1.807, 2.05) is 18.2 Å². The van der Waals surface area contributed by atoms with Gasteiger partial charge in [-0.1, -0.05) is 0 Å². The van der Waals surface area contributed by atoms with E-state index in [4.69, 9.17) is 10.5 Å². The molecule has 5 heteroatoms. The van der Waals surface area contributed by atoms with E-state index in [0.717, 1.165) is 36.1 Å². The molecule has 106 valence electrons. The smallest absolute Gasteiger partial charge is 0.414 e. The molecular formula is C15H18N2O3. The van der Waals surface area contributed by atoms with Crippen LogP contribution in [0, 0.1) is 0 Å². The molecule has 20 heavy (non-hydrogen) atoms. The first-order valence-electron chi connectivity index (χ1n) is 7.03. The third kappa shape index (κ3) is 2.29. The van der Waals surface area contributed by atoms with Crippen molar-refractivity contribution in [1.29, 1.82) is 0 Å². The van der Waals surface area contributed by atoms with Crippen LogP contribution in [0.2, 0.25) is 0 Å². The zero-order valence-electron chi connectivity index (χ0n) is 11.3. The number of rotatable bonds is 2. The molecule has 1 amide bonds. The SMILES string of the molecule is NCC1CN(c2ccc3c(c2)CCCCC3=O)C(=O)O1. The Kier molecular flexibility index (Phi) is 3.44. The quantitative estimate of drug-likeness (QED) is 0.836. The lowest BCUT2D eigenvalue weighted by Gasteiger charge is -2.15. The number of carbonyl (C=O) groups excluding carboxylic acids is 2. The highest BCUT2D eigenvalue weighted by Gasteiger charge is 2.31. The largest absolute Gasteiger partial charge is 0.443 e. The number of amides is 1. The van der Waals surface area contributed by atoms with E-state index < -0.39 is 0 Å². The van der Waals surface area contributed by atoms with Gasteiger partial charge in [-0.15, -0.1) is 0 Å². The van der Waals surface area contributed by atoms with Crippen molar-refractivity contribution >= 4 is 17.6 Å². The molecule has 1 aromatic rings. The number of nitrogens with zero attached hydrogens (tertiary/aromatic N) is 1. The minimum Gasteiger partial charge on any atom is -0.443 e. The Morgan fingerprint density at radius 3 is 2.80 bits per heavy atom. The normalized spacial score (nSPS) is 22.4. The van der Waals surface area contributed by atoms with Crippen molar-refractivity contribution in [2.45, 2.75) is 31.8 Å². The van der Waals surface area contributed by atoms with Crippen LogP contribution in [0.1, 0.15) is 35.2 Å². The second kappa shape index (κ2) is 5.25. The first kappa shape index (κ1) is 13.1. The number of Topliss-reactive ketones (excluding diaryl/α,β-unsaturated/α-hetero) is 1. The number of ether oxygens (including phenoxy) is 1. The van der Waals surface area contributed by atoms with Gasteiger partial charge in [0, 0.05) is 24.2 Å². The van der Waals surface area contributed by atoms with Gasteiger partial charge < -0.3 is 10.5 Å². The zero-order valence-corrected chi connectivity index (χ0v) is 11.3. The molecule has 1 atom stereocenters. The maximum absolute atomic E-state index is 12.0. The molecule has 1 saturated heterocycles. The summed E-state index contributed by atoms with van der Waals surface area (Å²) in [5.74, 6) is 0.202. The van der Waals surface area contributed by atoms with Crippen LogP contribution >= 0.6 is 0 Å². The highest BCUT2D eigenvalue weighted by Crippen LogP contribution is 2.28. The van der Waals surface area contributed by atoms with Crippen LogP contribution in [0.5, 0.6) is 0 Å². The molecule has 0 spiro atoms. The van der Waals surface area contributed by atoms with E-state index in [0.29, 0.717) is 19.5 Å². The molecule has 1 unspecified atom stereocenters. The zero-order chi connectivity index (χ0) is 14.1. The summed E-state index contributed by atoms with van der Waals surface area (Å²) in [5, 5.41) is 0. The standard InChI is InChI=1S/C15H18N2O3/c16-8-12-9-17(15(19)20-12)11-5-6-13-10(7-11)3-1-2-4-14(13)18/h5-7,12H,1-4,8-9,16H2. The number of anilines is 1. The average molecular weight is 274 g/mol. The van der Waals surface area contributed by atoms with E-state index in [2.05, 4.69) is 0 Å². The van der Waals surface area contributed by atoms with E-state index in [1.54, 1.807) is 4.90 Å². The van der Waals surface area contributed by atoms with Gasteiger partial charge in [0.2, 0.25) is 0 Å². The van der Waals surface area contributed by atoms with Gasteiger partial charge in [-0.2, -0.15) is 0 Å². The van der Waals surface area contributed by atoms with Crippen molar-refractivity contribution in [3.63, 3.8) is 0 Å². The summed E-state index contributed by atoms with van der Waals surface area (Å²) >= 11 is 0. The van der Waals surface area contributed by atoms with Crippen molar-refractivity contribution in [2.75, 3.05) is 18.0 Å². The minimum absolute atomic E-state index is 0.202. The minimum atomic E-state index is -0.361. The third-order valence-corrected chi connectivity index (χ3v) is 3.94. The van der Waals surface area contributed by atoms with Crippen LogP contribution < -0.4 is 10.6 Å². The third-order valence-electron chi connectivity index (χ3n) is 3.94. The first-order valence-corrected chi connectivity index (χ1v) is 7.03. The summed E-state index contributed by atoms with van der Waals surface area (Å²) in [6, 6.07) is 5.60. The fraction of sp³-hybridized carbons (Fsp3) is 0.467. The molecule has 1 aliphatic carbocycles. The lowest BCUT2D eigenvalue weighted by Crippen LogP contribution is -2.27. The second-order valence-corrected chi connectivity index (χ2v) is 5.32. The summed E-state index contributed by atoms with van der Waals surface area (Å²) < 4.78 is 5.16. The topological polar surface area (TPSA) is 72.6 Å². The average Bonchev–Trinajstić information content (AvgIpc) is 2.74. The van der Waals surface area contributed by atoms with E-state index in [-0.39, 0.29) is 18.0 Å². The van der Waals surface area contributed by atoms with Crippen LogP contribution in [-0.4, -0.2) is 31.1 Å². The highest BCUT2D eigenvalue weighted by atomic mass is 16.6. The van der Waals surface area contributed by atoms with Gasteiger partial charge in [0.15, 0.2) is 5.78 Å². The van der Waals surface area contributed by atoms with Gasteiger partial charge in [-0.25, -0.2) is 4.79 Å². The molecule has 1 fully saturated rings. The van der Waals surface area contributed by atoms with Gasteiger partial charge >= 0.3 is 6.09 Å². The highest BCUT2D eigenvalue weighted by molar-refractivity contribution is 5.99. The molecule has 0 saturated carbocycles. The lowest BCUT2D eigenvalue weighted by molar-refractivity contribution is 0.0982. The predicted molar refractivity (Wildman–Crippen MR) is 75.0 cm³/mol.